The fourth-order valence-electron chi connectivity index (χ4n) is 2.23. The molecule has 1 aromatic rings. The summed E-state index contributed by atoms with van der Waals surface area (Å²) in [6.45, 7) is 7.28. The highest BCUT2D eigenvalue weighted by Gasteiger charge is 2.36. The highest BCUT2D eigenvalue weighted by atomic mass is 19.2. The summed E-state index contributed by atoms with van der Waals surface area (Å²) in [5.74, 6) is -2.78. The summed E-state index contributed by atoms with van der Waals surface area (Å²) in [5, 5.41) is 9.26. The summed E-state index contributed by atoms with van der Waals surface area (Å²) in [6.07, 6.45) is 0. The zero-order chi connectivity index (χ0) is 14.8. The molecule has 0 fully saturated rings. The predicted octanol–water partition coefficient (Wildman–Crippen LogP) is 3.21. The molecular weight excluding hydrogens is 252 g/mol. The van der Waals surface area contributed by atoms with Crippen LogP contribution in [-0.4, -0.2) is 28.1 Å². The third kappa shape index (κ3) is 3.10. The van der Waals surface area contributed by atoms with Gasteiger partial charge >= 0.3 is 5.97 Å². The molecule has 0 heterocycles. The van der Waals surface area contributed by atoms with Crippen molar-refractivity contribution in [3.63, 3.8) is 0 Å². The van der Waals surface area contributed by atoms with Crippen LogP contribution >= 0.6 is 0 Å². The van der Waals surface area contributed by atoms with Gasteiger partial charge in [-0.2, -0.15) is 0 Å². The lowest BCUT2D eigenvalue weighted by Crippen LogP contribution is -2.51. The molecular formula is C14H19F2NO2. The van der Waals surface area contributed by atoms with E-state index in [1.54, 1.807) is 25.7 Å². The highest BCUT2D eigenvalue weighted by molar-refractivity contribution is 5.77. The van der Waals surface area contributed by atoms with Crippen LogP contribution in [0.5, 0.6) is 0 Å². The van der Waals surface area contributed by atoms with E-state index in [0.29, 0.717) is 12.1 Å². The first-order valence-electron chi connectivity index (χ1n) is 6.16. The number of carbonyl (C=O) groups is 1. The van der Waals surface area contributed by atoms with Crippen LogP contribution in [0.1, 0.15) is 39.3 Å². The quantitative estimate of drug-likeness (QED) is 0.894. The van der Waals surface area contributed by atoms with E-state index in [2.05, 4.69) is 0 Å². The smallest absolute Gasteiger partial charge is 0.323 e. The first-order chi connectivity index (χ1) is 8.71. The van der Waals surface area contributed by atoms with E-state index in [4.69, 9.17) is 0 Å². The molecule has 1 atom stereocenters. The number of hydrogen-bond acceptors (Lipinski definition) is 2. The number of aliphatic carboxylic acids is 1. The summed E-state index contributed by atoms with van der Waals surface area (Å²) < 4.78 is 26.2. The van der Waals surface area contributed by atoms with Crippen LogP contribution in [0, 0.1) is 11.6 Å². The van der Waals surface area contributed by atoms with Crippen molar-refractivity contribution < 1.29 is 18.7 Å². The second-order valence-corrected chi connectivity index (χ2v) is 5.00. The zero-order valence-corrected chi connectivity index (χ0v) is 11.6. The Morgan fingerprint density at radius 1 is 1.37 bits per heavy atom. The molecule has 0 aliphatic heterocycles. The number of benzene rings is 1. The van der Waals surface area contributed by atoms with E-state index >= 15 is 0 Å². The number of nitrogens with zero attached hydrogens (tertiary/aromatic N) is 1. The van der Waals surface area contributed by atoms with Crippen molar-refractivity contribution in [2.75, 3.05) is 6.54 Å². The highest BCUT2D eigenvalue weighted by Crippen LogP contribution is 2.28. The van der Waals surface area contributed by atoms with Crippen molar-refractivity contribution >= 4 is 5.97 Å². The van der Waals surface area contributed by atoms with Crippen LogP contribution in [0.4, 0.5) is 8.78 Å². The van der Waals surface area contributed by atoms with Crippen LogP contribution in [0.15, 0.2) is 18.2 Å². The van der Waals surface area contributed by atoms with Crippen molar-refractivity contribution in [2.24, 2.45) is 0 Å². The van der Waals surface area contributed by atoms with Crippen LogP contribution < -0.4 is 0 Å². The maximum atomic E-state index is 13.3. The lowest BCUT2D eigenvalue weighted by molar-refractivity contribution is -0.150. The van der Waals surface area contributed by atoms with Gasteiger partial charge in [-0.1, -0.05) is 13.0 Å². The van der Waals surface area contributed by atoms with Crippen LogP contribution in [-0.2, 0) is 4.79 Å². The molecule has 0 aromatic heterocycles. The van der Waals surface area contributed by atoms with Crippen LogP contribution in [0.2, 0.25) is 0 Å². The van der Waals surface area contributed by atoms with Gasteiger partial charge in [-0.25, -0.2) is 8.78 Å². The van der Waals surface area contributed by atoms with E-state index < -0.39 is 23.1 Å². The molecule has 0 aliphatic carbocycles. The van der Waals surface area contributed by atoms with E-state index in [1.807, 2.05) is 6.92 Å². The van der Waals surface area contributed by atoms with Gasteiger partial charge in [0.1, 0.15) is 5.54 Å². The van der Waals surface area contributed by atoms with Gasteiger partial charge in [0.2, 0.25) is 0 Å². The Hall–Kier alpha value is -1.49. The third-order valence-corrected chi connectivity index (χ3v) is 3.48. The topological polar surface area (TPSA) is 40.5 Å². The van der Waals surface area contributed by atoms with Crippen LogP contribution in [0.3, 0.4) is 0 Å². The largest absolute Gasteiger partial charge is 0.480 e. The Morgan fingerprint density at radius 2 is 1.95 bits per heavy atom. The first-order valence-corrected chi connectivity index (χ1v) is 6.16. The Labute approximate surface area is 111 Å². The monoisotopic (exact) mass is 271 g/mol. The molecule has 1 aromatic carbocycles. The molecule has 0 saturated heterocycles. The number of halogens is 2. The molecule has 0 radical (unpaired) electrons. The van der Waals surface area contributed by atoms with Crippen molar-refractivity contribution in [3.05, 3.63) is 35.4 Å². The Kier molecular flexibility index (Phi) is 4.63. The fraction of sp³-hybridized carbons (Fsp3) is 0.500. The van der Waals surface area contributed by atoms with Crippen molar-refractivity contribution in [1.29, 1.82) is 0 Å². The van der Waals surface area contributed by atoms with Gasteiger partial charge in [-0.05, 0) is 45.0 Å². The van der Waals surface area contributed by atoms with Crippen molar-refractivity contribution in [2.45, 2.75) is 39.3 Å². The minimum Gasteiger partial charge on any atom is -0.480 e. The molecule has 1 rings (SSSR count). The maximum absolute atomic E-state index is 13.3. The molecule has 106 valence electrons. The summed E-state index contributed by atoms with van der Waals surface area (Å²) in [5.41, 5.74) is -0.533. The predicted molar refractivity (Wildman–Crippen MR) is 68.9 cm³/mol. The summed E-state index contributed by atoms with van der Waals surface area (Å²) in [6, 6.07) is 3.32. The van der Waals surface area contributed by atoms with Crippen LogP contribution in [0.25, 0.3) is 0 Å². The van der Waals surface area contributed by atoms with Gasteiger partial charge in [-0.3, -0.25) is 9.69 Å². The van der Waals surface area contributed by atoms with Gasteiger partial charge in [-0.15, -0.1) is 0 Å². The molecule has 1 N–H and O–H groups in total. The molecule has 0 aliphatic rings. The second kappa shape index (κ2) is 5.65. The molecule has 0 bridgehead atoms. The summed E-state index contributed by atoms with van der Waals surface area (Å²) >= 11 is 0. The molecule has 0 saturated carbocycles. The Morgan fingerprint density at radius 3 is 2.37 bits per heavy atom. The zero-order valence-electron chi connectivity index (χ0n) is 11.6. The molecule has 3 nitrogen and oxygen atoms in total. The number of rotatable bonds is 5. The minimum atomic E-state index is -1.08. The Balaban J connectivity index is 3.11. The van der Waals surface area contributed by atoms with E-state index in [-0.39, 0.29) is 6.04 Å². The summed E-state index contributed by atoms with van der Waals surface area (Å²) in [4.78, 5) is 13.0. The second-order valence-electron chi connectivity index (χ2n) is 5.00. The third-order valence-electron chi connectivity index (χ3n) is 3.48. The van der Waals surface area contributed by atoms with Gasteiger partial charge < -0.3 is 5.11 Å². The number of hydrogen-bond donors (Lipinski definition) is 1. The summed E-state index contributed by atoms with van der Waals surface area (Å²) in [7, 11) is 0. The van der Waals surface area contributed by atoms with E-state index in [1.165, 1.54) is 6.07 Å². The minimum absolute atomic E-state index is 0.328. The normalized spacial score (nSPS) is 13.6. The SMILES string of the molecule is CCN(C(C)c1ccc(F)c(F)c1)C(C)(C)C(=O)O. The molecule has 1 unspecified atom stereocenters. The van der Waals surface area contributed by atoms with Gasteiger partial charge in [0, 0.05) is 6.04 Å². The van der Waals surface area contributed by atoms with E-state index in [9.17, 15) is 18.7 Å². The number of carboxylic acid groups (broad SMARTS) is 1. The Bertz CT molecular complexity index is 475. The molecule has 5 heteroatoms. The van der Waals surface area contributed by atoms with Gasteiger partial charge in [0.05, 0.1) is 0 Å². The fourth-order valence-corrected chi connectivity index (χ4v) is 2.23. The van der Waals surface area contributed by atoms with Gasteiger partial charge in [0.15, 0.2) is 11.6 Å². The van der Waals surface area contributed by atoms with Crippen molar-refractivity contribution in [1.82, 2.24) is 4.90 Å². The standard InChI is InChI=1S/C14H19F2NO2/c1-5-17(14(3,4)13(18)19)9(2)10-6-7-11(15)12(16)8-10/h6-9H,5H2,1-4H3,(H,18,19). The number of likely N-dealkylation sites (N-methyl/N-ethyl adjacent to an activating group) is 1. The van der Waals surface area contributed by atoms with Crippen molar-refractivity contribution in [3.8, 4) is 0 Å². The van der Waals surface area contributed by atoms with Gasteiger partial charge in [0.25, 0.3) is 0 Å². The maximum Gasteiger partial charge on any atom is 0.323 e. The van der Waals surface area contributed by atoms with E-state index in [0.717, 1.165) is 12.1 Å². The number of carboxylic acids is 1. The lowest BCUT2D eigenvalue weighted by Gasteiger charge is -2.39. The lowest BCUT2D eigenvalue weighted by atomic mass is 9.97. The molecule has 0 amide bonds. The average Bonchev–Trinajstić information content (AvgIpc) is 2.32. The average molecular weight is 271 g/mol. The molecule has 0 spiro atoms. The first kappa shape index (κ1) is 15.6. The molecule has 19 heavy (non-hydrogen) atoms.